The number of carbonyl (C=O) groups excluding carboxylic acids is 2. The normalized spacial score (nSPS) is 19.2. The quantitative estimate of drug-likeness (QED) is 0.890. The second-order valence-corrected chi connectivity index (χ2v) is 4.42. The average molecular weight is 290 g/mol. The van der Waals surface area contributed by atoms with E-state index in [0.717, 1.165) is 18.3 Å². The molecule has 0 bridgehead atoms. The standard InChI is InChI=1S/C12H12F3N3O2/c1-16-9(19)7-2-3-8(17-6-7)18-10(20)11(4-5-11)12(13,14)15/h2-3,6H,4-5H2,1H3,(H,16,19)(H,17,18,20)/i1D3. The van der Waals surface area contributed by atoms with Crippen LogP contribution in [-0.2, 0) is 4.79 Å². The number of pyridine rings is 1. The predicted molar refractivity (Wildman–Crippen MR) is 64.0 cm³/mol. The molecule has 1 fully saturated rings. The van der Waals surface area contributed by atoms with E-state index < -0.39 is 30.4 Å². The predicted octanol–water partition coefficient (Wildman–Crippen LogP) is 1.72. The van der Waals surface area contributed by atoms with Crippen molar-refractivity contribution >= 4 is 17.6 Å². The molecule has 1 aliphatic rings. The van der Waals surface area contributed by atoms with Gasteiger partial charge in [0.25, 0.3) is 5.91 Å². The second kappa shape index (κ2) is 4.77. The van der Waals surface area contributed by atoms with E-state index >= 15 is 0 Å². The van der Waals surface area contributed by atoms with Crippen molar-refractivity contribution in [2.24, 2.45) is 5.41 Å². The Hall–Kier alpha value is -2.12. The first-order valence-electron chi connectivity index (χ1n) is 7.11. The number of hydrogen-bond acceptors (Lipinski definition) is 3. The van der Waals surface area contributed by atoms with Gasteiger partial charge in [0.05, 0.1) is 5.56 Å². The largest absolute Gasteiger partial charge is 0.403 e. The fraction of sp³-hybridized carbons (Fsp3) is 0.417. The summed E-state index contributed by atoms with van der Waals surface area (Å²) in [6, 6.07) is 2.27. The van der Waals surface area contributed by atoms with Crippen LogP contribution in [-0.4, -0.2) is 30.0 Å². The smallest absolute Gasteiger partial charge is 0.355 e. The van der Waals surface area contributed by atoms with Crippen molar-refractivity contribution in [3.8, 4) is 0 Å². The number of nitrogens with one attached hydrogen (secondary N) is 2. The Bertz CT molecular complexity index is 625. The number of carbonyl (C=O) groups is 2. The number of nitrogens with zero attached hydrogens (tertiary/aromatic N) is 1. The molecular formula is C12H12F3N3O2. The van der Waals surface area contributed by atoms with Crippen LogP contribution in [0.5, 0.6) is 0 Å². The molecule has 20 heavy (non-hydrogen) atoms. The maximum absolute atomic E-state index is 12.8. The third-order valence-electron chi connectivity index (χ3n) is 3.11. The van der Waals surface area contributed by atoms with Crippen molar-refractivity contribution in [2.45, 2.75) is 19.0 Å². The summed E-state index contributed by atoms with van der Waals surface area (Å²) in [6.45, 7) is -2.67. The van der Waals surface area contributed by atoms with Gasteiger partial charge in [0, 0.05) is 17.3 Å². The summed E-state index contributed by atoms with van der Waals surface area (Å²) >= 11 is 0. The third kappa shape index (κ3) is 2.45. The molecule has 0 spiro atoms. The lowest BCUT2D eigenvalue weighted by atomic mass is 10.1. The van der Waals surface area contributed by atoms with Gasteiger partial charge in [-0.1, -0.05) is 0 Å². The zero-order valence-electron chi connectivity index (χ0n) is 13.0. The van der Waals surface area contributed by atoms with Crippen LogP contribution in [0.3, 0.4) is 0 Å². The third-order valence-corrected chi connectivity index (χ3v) is 3.11. The number of anilines is 1. The van der Waals surface area contributed by atoms with Crippen LogP contribution in [0.15, 0.2) is 18.3 Å². The minimum atomic E-state index is -4.63. The molecule has 5 nitrogen and oxygen atoms in total. The molecule has 1 aromatic rings. The Morgan fingerprint density at radius 1 is 1.40 bits per heavy atom. The SMILES string of the molecule is [2H]C([2H])([2H])NC(=O)c1ccc(NC(=O)C2(C(F)(F)F)CC2)nc1. The zero-order chi connectivity index (χ0) is 17.5. The van der Waals surface area contributed by atoms with E-state index in [1.165, 1.54) is 0 Å². The summed E-state index contributed by atoms with van der Waals surface area (Å²) in [6.07, 6.45) is -4.22. The highest BCUT2D eigenvalue weighted by Crippen LogP contribution is 2.58. The minimum absolute atomic E-state index is 0.101. The molecule has 2 rings (SSSR count). The highest BCUT2D eigenvalue weighted by molar-refractivity contribution is 5.98. The van der Waals surface area contributed by atoms with Crippen molar-refractivity contribution in [1.29, 1.82) is 0 Å². The first kappa shape index (κ1) is 10.6. The van der Waals surface area contributed by atoms with Gasteiger partial charge in [0.1, 0.15) is 11.2 Å². The fourth-order valence-corrected chi connectivity index (χ4v) is 1.67. The van der Waals surface area contributed by atoms with Crippen molar-refractivity contribution in [2.75, 3.05) is 12.3 Å². The van der Waals surface area contributed by atoms with Gasteiger partial charge in [-0.3, -0.25) is 9.59 Å². The van der Waals surface area contributed by atoms with Crippen molar-refractivity contribution in [3.05, 3.63) is 23.9 Å². The van der Waals surface area contributed by atoms with Crippen molar-refractivity contribution in [3.63, 3.8) is 0 Å². The van der Waals surface area contributed by atoms with Gasteiger partial charge < -0.3 is 10.6 Å². The summed E-state index contributed by atoms with van der Waals surface area (Å²) in [4.78, 5) is 26.9. The van der Waals surface area contributed by atoms with E-state index in [1.54, 1.807) is 5.32 Å². The summed E-state index contributed by atoms with van der Waals surface area (Å²) in [5.74, 6) is -2.27. The van der Waals surface area contributed by atoms with Crippen LogP contribution in [0.2, 0.25) is 0 Å². The Balaban J connectivity index is 2.04. The summed E-state index contributed by atoms with van der Waals surface area (Å²) in [5.41, 5.74) is -2.47. The second-order valence-electron chi connectivity index (χ2n) is 4.42. The molecule has 0 aliphatic heterocycles. The van der Waals surface area contributed by atoms with E-state index in [2.05, 4.69) is 10.3 Å². The molecule has 0 radical (unpaired) electrons. The van der Waals surface area contributed by atoms with Gasteiger partial charge in [-0.25, -0.2) is 4.98 Å². The van der Waals surface area contributed by atoms with Crippen LogP contribution in [0.1, 0.15) is 27.3 Å². The number of amides is 2. The van der Waals surface area contributed by atoms with E-state index in [1.807, 2.05) is 0 Å². The average Bonchev–Trinajstić information content (AvgIpc) is 3.18. The monoisotopic (exact) mass is 290 g/mol. The molecule has 2 N–H and O–H groups in total. The van der Waals surface area contributed by atoms with E-state index in [0.29, 0.717) is 0 Å². The first-order chi connectivity index (χ1) is 10.4. The Morgan fingerprint density at radius 3 is 2.55 bits per heavy atom. The van der Waals surface area contributed by atoms with Gasteiger partial charge in [-0.2, -0.15) is 13.2 Å². The Labute approximate surface area is 116 Å². The van der Waals surface area contributed by atoms with Crippen LogP contribution in [0.4, 0.5) is 19.0 Å². The maximum atomic E-state index is 12.8. The van der Waals surface area contributed by atoms with Gasteiger partial charge in [0.15, 0.2) is 0 Å². The van der Waals surface area contributed by atoms with Gasteiger partial charge in [-0.05, 0) is 25.0 Å². The molecule has 2 amide bonds. The van der Waals surface area contributed by atoms with E-state index in [9.17, 15) is 22.8 Å². The lowest BCUT2D eigenvalue weighted by Gasteiger charge is -2.18. The first-order valence-corrected chi connectivity index (χ1v) is 5.61. The molecule has 8 heteroatoms. The molecule has 1 aliphatic carbocycles. The molecule has 0 atom stereocenters. The molecule has 1 saturated carbocycles. The highest BCUT2D eigenvalue weighted by atomic mass is 19.4. The Kier molecular flexibility index (Phi) is 2.54. The molecule has 108 valence electrons. The number of rotatable bonds is 3. The summed E-state index contributed by atoms with van der Waals surface area (Å²) < 4.78 is 59.1. The molecule has 1 heterocycles. The van der Waals surface area contributed by atoms with E-state index in [4.69, 9.17) is 4.11 Å². The molecule has 1 aromatic heterocycles. The van der Waals surface area contributed by atoms with Gasteiger partial charge in [-0.15, -0.1) is 0 Å². The van der Waals surface area contributed by atoms with Gasteiger partial charge in [0.2, 0.25) is 5.91 Å². The molecule has 0 aromatic carbocycles. The molecule has 0 unspecified atom stereocenters. The lowest BCUT2D eigenvalue weighted by Crippen LogP contribution is -2.37. The topological polar surface area (TPSA) is 71.1 Å². The summed E-state index contributed by atoms with van der Waals surface area (Å²) in [5, 5.41) is 3.79. The fourth-order valence-electron chi connectivity index (χ4n) is 1.67. The summed E-state index contributed by atoms with van der Waals surface area (Å²) in [7, 11) is 0. The van der Waals surface area contributed by atoms with Gasteiger partial charge >= 0.3 is 6.18 Å². The highest BCUT2D eigenvalue weighted by Gasteiger charge is 2.68. The van der Waals surface area contributed by atoms with Crippen LogP contribution < -0.4 is 10.6 Å². The number of hydrogen-bond donors (Lipinski definition) is 2. The van der Waals surface area contributed by atoms with Crippen LogP contribution in [0, 0.1) is 5.41 Å². The maximum Gasteiger partial charge on any atom is 0.403 e. The molecular weight excluding hydrogens is 275 g/mol. The van der Waals surface area contributed by atoms with Crippen LogP contribution >= 0.6 is 0 Å². The van der Waals surface area contributed by atoms with E-state index in [-0.39, 0.29) is 24.2 Å². The number of alkyl halides is 3. The van der Waals surface area contributed by atoms with Crippen LogP contribution in [0.25, 0.3) is 0 Å². The lowest BCUT2D eigenvalue weighted by molar-refractivity contribution is -0.189. The zero-order valence-corrected chi connectivity index (χ0v) is 10.0. The number of aromatic nitrogens is 1. The van der Waals surface area contributed by atoms with Crippen molar-refractivity contribution < 1.29 is 26.9 Å². The number of halogens is 3. The minimum Gasteiger partial charge on any atom is -0.355 e. The Morgan fingerprint density at radius 2 is 2.10 bits per heavy atom. The molecule has 0 saturated heterocycles. The van der Waals surface area contributed by atoms with Crippen molar-refractivity contribution in [1.82, 2.24) is 10.3 Å².